The van der Waals surface area contributed by atoms with Gasteiger partial charge in [0.05, 0.1) is 0 Å². The van der Waals surface area contributed by atoms with Crippen molar-refractivity contribution in [3.8, 4) is 0 Å². The molecule has 0 aliphatic rings. The number of hydrogen-bond donors (Lipinski definition) is 4. The highest BCUT2D eigenvalue weighted by atomic mass is 16.5. The summed E-state index contributed by atoms with van der Waals surface area (Å²) in [6.07, 6.45) is 1.12. The third kappa shape index (κ3) is 24.7. The summed E-state index contributed by atoms with van der Waals surface area (Å²) in [5.74, 6) is -4.85. The maximum atomic E-state index is 9.66. The standard InChI is InChI=1S/C4H6O5.C4H4O4/c5-3(6)1-9-2-4(7)8;5-3(6)1-2-4(7)8/h1-2H2,(H,5,6)(H,7,8);1-2H,(H,5,6)(H,7,8)/b;2-1-. The Kier molecular flexibility index (Phi) is 10.1. The molecule has 0 saturated carbocycles. The van der Waals surface area contributed by atoms with Gasteiger partial charge < -0.3 is 25.2 Å². The van der Waals surface area contributed by atoms with Gasteiger partial charge in [0.15, 0.2) is 0 Å². The molecule has 0 aromatic rings. The van der Waals surface area contributed by atoms with Gasteiger partial charge in [-0.3, -0.25) is 0 Å². The van der Waals surface area contributed by atoms with Crippen LogP contribution in [0.5, 0.6) is 0 Å². The molecule has 0 aliphatic carbocycles. The molecule has 0 rings (SSSR count). The Morgan fingerprint density at radius 2 is 1.06 bits per heavy atom. The van der Waals surface area contributed by atoms with Crippen LogP contribution in [-0.2, 0) is 23.9 Å². The van der Waals surface area contributed by atoms with E-state index in [0.717, 1.165) is 0 Å². The summed E-state index contributed by atoms with van der Waals surface area (Å²) in [6.45, 7) is -1.13. The summed E-state index contributed by atoms with van der Waals surface area (Å²) >= 11 is 0. The molecule has 0 saturated heterocycles. The van der Waals surface area contributed by atoms with Gasteiger partial charge in [-0.2, -0.15) is 0 Å². The van der Waals surface area contributed by atoms with Gasteiger partial charge in [-0.05, 0) is 0 Å². The molecular formula is C8H10O9. The molecular weight excluding hydrogens is 240 g/mol. The SMILES string of the molecule is O=C(O)/C=C\C(=O)O.O=C(O)COCC(=O)O. The van der Waals surface area contributed by atoms with Crippen molar-refractivity contribution in [2.75, 3.05) is 13.2 Å². The molecule has 4 N–H and O–H groups in total. The molecule has 0 aliphatic heterocycles. The lowest BCUT2D eigenvalue weighted by Crippen LogP contribution is -2.13. The van der Waals surface area contributed by atoms with Crippen molar-refractivity contribution in [3.05, 3.63) is 12.2 Å². The fourth-order valence-corrected chi connectivity index (χ4v) is 0.368. The first-order chi connectivity index (χ1) is 7.75. The highest BCUT2D eigenvalue weighted by Gasteiger charge is 1.99. The minimum atomic E-state index is -1.26. The third-order valence-electron chi connectivity index (χ3n) is 0.820. The maximum Gasteiger partial charge on any atom is 0.329 e. The summed E-state index contributed by atoms with van der Waals surface area (Å²) in [5, 5.41) is 31.4. The van der Waals surface area contributed by atoms with Gasteiger partial charge in [0, 0.05) is 12.2 Å². The molecule has 9 heteroatoms. The van der Waals surface area contributed by atoms with Crippen LogP contribution < -0.4 is 0 Å². The Hall–Kier alpha value is -2.42. The van der Waals surface area contributed by atoms with Crippen LogP contribution >= 0.6 is 0 Å². The number of rotatable bonds is 6. The molecule has 0 spiro atoms. The number of hydrogen-bond acceptors (Lipinski definition) is 5. The minimum Gasteiger partial charge on any atom is -0.480 e. The van der Waals surface area contributed by atoms with Gasteiger partial charge >= 0.3 is 23.9 Å². The maximum absolute atomic E-state index is 9.66. The van der Waals surface area contributed by atoms with E-state index in [1.54, 1.807) is 0 Å². The highest BCUT2D eigenvalue weighted by molar-refractivity contribution is 5.89. The van der Waals surface area contributed by atoms with E-state index in [9.17, 15) is 19.2 Å². The Morgan fingerprint density at radius 1 is 0.765 bits per heavy atom. The molecule has 0 fully saturated rings. The average Bonchev–Trinajstić information content (AvgIpc) is 2.14. The van der Waals surface area contributed by atoms with Crippen molar-refractivity contribution in [2.24, 2.45) is 0 Å². The van der Waals surface area contributed by atoms with E-state index in [0.29, 0.717) is 12.2 Å². The van der Waals surface area contributed by atoms with Crippen LogP contribution in [0.1, 0.15) is 0 Å². The highest BCUT2D eigenvalue weighted by Crippen LogP contribution is 1.73. The second kappa shape index (κ2) is 10.1. The molecule has 0 aromatic heterocycles. The third-order valence-corrected chi connectivity index (χ3v) is 0.820. The molecule has 0 bridgehead atoms. The lowest BCUT2D eigenvalue weighted by molar-refractivity contribution is -0.148. The van der Waals surface area contributed by atoms with E-state index >= 15 is 0 Å². The van der Waals surface area contributed by atoms with Crippen LogP contribution in [-0.4, -0.2) is 57.5 Å². The van der Waals surface area contributed by atoms with Crippen molar-refractivity contribution in [1.82, 2.24) is 0 Å². The molecule has 9 nitrogen and oxygen atoms in total. The fourth-order valence-electron chi connectivity index (χ4n) is 0.368. The van der Waals surface area contributed by atoms with Gasteiger partial charge in [-0.25, -0.2) is 19.2 Å². The summed E-state index contributed by atoms with van der Waals surface area (Å²) in [6, 6.07) is 0. The van der Waals surface area contributed by atoms with E-state index in [-0.39, 0.29) is 0 Å². The number of ether oxygens (including phenoxy) is 1. The Bertz CT molecular complexity index is 287. The zero-order chi connectivity index (χ0) is 13.8. The first kappa shape index (κ1) is 17.0. The number of carboxylic acids is 4. The van der Waals surface area contributed by atoms with Crippen LogP contribution in [0.15, 0.2) is 12.2 Å². The van der Waals surface area contributed by atoms with Crippen molar-refractivity contribution < 1.29 is 44.3 Å². The normalized spacial score (nSPS) is 9.18. The first-order valence-electron chi connectivity index (χ1n) is 3.91. The Labute approximate surface area is 94.5 Å². The lowest BCUT2D eigenvalue weighted by atomic mass is 10.5. The largest absolute Gasteiger partial charge is 0.480 e. The van der Waals surface area contributed by atoms with Gasteiger partial charge in [0.25, 0.3) is 0 Å². The van der Waals surface area contributed by atoms with Crippen LogP contribution in [0, 0.1) is 0 Å². The van der Waals surface area contributed by atoms with Gasteiger partial charge in [-0.15, -0.1) is 0 Å². The van der Waals surface area contributed by atoms with E-state index in [4.69, 9.17) is 20.4 Å². The van der Waals surface area contributed by atoms with Crippen molar-refractivity contribution in [3.63, 3.8) is 0 Å². The number of carboxylic acid groups (broad SMARTS) is 4. The molecule has 0 unspecified atom stereocenters. The second-order valence-electron chi connectivity index (χ2n) is 2.29. The number of carbonyl (C=O) groups is 4. The van der Waals surface area contributed by atoms with Crippen LogP contribution in [0.3, 0.4) is 0 Å². The van der Waals surface area contributed by atoms with Crippen molar-refractivity contribution in [2.45, 2.75) is 0 Å². The Balaban J connectivity index is 0. The topological polar surface area (TPSA) is 158 Å². The number of aliphatic carboxylic acids is 4. The van der Waals surface area contributed by atoms with Crippen molar-refractivity contribution in [1.29, 1.82) is 0 Å². The molecule has 0 heterocycles. The van der Waals surface area contributed by atoms with Gasteiger partial charge in [0.1, 0.15) is 13.2 Å². The first-order valence-corrected chi connectivity index (χ1v) is 3.91. The van der Waals surface area contributed by atoms with E-state index in [1.807, 2.05) is 0 Å². The monoisotopic (exact) mass is 250 g/mol. The van der Waals surface area contributed by atoms with E-state index in [1.165, 1.54) is 0 Å². The van der Waals surface area contributed by atoms with Gasteiger partial charge in [-0.1, -0.05) is 0 Å². The smallest absolute Gasteiger partial charge is 0.329 e. The van der Waals surface area contributed by atoms with E-state index < -0.39 is 37.1 Å². The van der Waals surface area contributed by atoms with Crippen LogP contribution in [0.4, 0.5) is 0 Å². The summed E-state index contributed by atoms with van der Waals surface area (Å²) in [7, 11) is 0. The van der Waals surface area contributed by atoms with Crippen LogP contribution in [0.2, 0.25) is 0 Å². The van der Waals surface area contributed by atoms with E-state index in [2.05, 4.69) is 4.74 Å². The van der Waals surface area contributed by atoms with Gasteiger partial charge in [0.2, 0.25) is 0 Å². The second-order valence-corrected chi connectivity index (χ2v) is 2.29. The van der Waals surface area contributed by atoms with Crippen molar-refractivity contribution >= 4 is 23.9 Å². The molecule has 17 heavy (non-hydrogen) atoms. The fraction of sp³-hybridized carbons (Fsp3) is 0.250. The average molecular weight is 250 g/mol. The minimum absolute atomic E-state index is 0.558. The molecule has 96 valence electrons. The summed E-state index contributed by atoms with van der Waals surface area (Å²) in [4.78, 5) is 38.4. The zero-order valence-corrected chi connectivity index (χ0v) is 8.40. The molecule has 0 amide bonds. The summed E-state index contributed by atoms with van der Waals surface area (Å²) in [5.41, 5.74) is 0. The quantitative estimate of drug-likeness (QED) is 0.428. The Morgan fingerprint density at radius 3 is 1.24 bits per heavy atom. The lowest BCUT2D eigenvalue weighted by Gasteiger charge is -1.92. The predicted octanol–water partition coefficient (Wildman–Crippen LogP) is -1.12. The zero-order valence-electron chi connectivity index (χ0n) is 8.40. The summed E-state index contributed by atoms with van der Waals surface area (Å²) < 4.78 is 4.16. The predicted molar refractivity (Wildman–Crippen MR) is 50.5 cm³/mol. The van der Waals surface area contributed by atoms with Crippen LogP contribution in [0.25, 0.3) is 0 Å². The molecule has 0 atom stereocenters. The molecule has 0 radical (unpaired) electrons. The molecule has 0 aromatic carbocycles.